The first kappa shape index (κ1) is 19.9. The number of nitro groups is 1. The Morgan fingerprint density at radius 3 is 2.53 bits per heavy atom. The van der Waals surface area contributed by atoms with Gasteiger partial charge in [-0.05, 0) is 47.5 Å². The molecule has 3 aromatic carbocycles. The van der Waals surface area contributed by atoms with Crippen LogP contribution in [0.3, 0.4) is 0 Å². The van der Waals surface area contributed by atoms with Crippen molar-refractivity contribution < 1.29 is 9.66 Å². The summed E-state index contributed by atoms with van der Waals surface area (Å²) in [6, 6.07) is 21.4. The van der Waals surface area contributed by atoms with E-state index in [4.69, 9.17) is 4.74 Å². The largest absolute Gasteiger partial charge is 0.497 e. The molecule has 0 aliphatic heterocycles. The van der Waals surface area contributed by atoms with E-state index in [1.165, 1.54) is 11.8 Å². The molecule has 0 bridgehead atoms. The molecule has 0 aliphatic rings. The fourth-order valence-corrected chi connectivity index (χ4v) is 4.65. The van der Waals surface area contributed by atoms with Crippen molar-refractivity contribution in [3.05, 3.63) is 88.2 Å². The molecule has 152 valence electrons. The molecule has 4 rings (SSSR count). The van der Waals surface area contributed by atoms with Gasteiger partial charge in [0.15, 0.2) is 5.16 Å². The Labute approximate surface area is 177 Å². The zero-order chi connectivity index (χ0) is 21.1. The van der Waals surface area contributed by atoms with Crippen molar-refractivity contribution in [3.63, 3.8) is 0 Å². The number of nitrogens with zero attached hydrogens (tertiary/aromatic N) is 4. The molecular weight excluding hydrogens is 400 g/mol. The minimum absolute atomic E-state index is 0.215. The van der Waals surface area contributed by atoms with Crippen LogP contribution in [0.25, 0.3) is 16.5 Å². The Bertz CT molecular complexity index is 1190. The number of aromatic nitrogens is 3. The summed E-state index contributed by atoms with van der Waals surface area (Å²) < 4.78 is 7.14. The predicted octanol–water partition coefficient (Wildman–Crippen LogP) is 4.85. The van der Waals surface area contributed by atoms with Crippen LogP contribution in [0.4, 0.5) is 0 Å². The Hall–Kier alpha value is -3.39. The highest BCUT2D eigenvalue weighted by molar-refractivity contribution is 7.99. The maximum atomic E-state index is 11.5. The lowest BCUT2D eigenvalue weighted by atomic mass is 10.0. The van der Waals surface area contributed by atoms with Crippen molar-refractivity contribution in [3.8, 4) is 11.4 Å². The first-order valence-corrected chi connectivity index (χ1v) is 10.3. The molecule has 1 aromatic heterocycles. The van der Waals surface area contributed by atoms with Gasteiger partial charge in [-0.1, -0.05) is 54.2 Å². The highest BCUT2D eigenvalue weighted by atomic mass is 32.2. The first-order valence-electron chi connectivity index (χ1n) is 9.39. The van der Waals surface area contributed by atoms with Crippen LogP contribution in [0.15, 0.2) is 71.9 Å². The summed E-state index contributed by atoms with van der Waals surface area (Å²) in [4.78, 5) is 11.2. The second-order valence-corrected chi connectivity index (χ2v) is 7.92. The summed E-state index contributed by atoms with van der Waals surface area (Å²) in [7, 11) is 1.62. The van der Waals surface area contributed by atoms with Gasteiger partial charge in [0.25, 0.3) is 0 Å². The van der Waals surface area contributed by atoms with Crippen molar-refractivity contribution >= 4 is 22.5 Å². The van der Waals surface area contributed by atoms with Gasteiger partial charge in [-0.25, -0.2) is 0 Å². The highest BCUT2D eigenvalue weighted by Gasteiger charge is 2.25. The predicted molar refractivity (Wildman–Crippen MR) is 117 cm³/mol. The number of hydrogen-bond acceptors (Lipinski definition) is 6. The maximum Gasteiger partial charge on any atom is 0.220 e. The average Bonchev–Trinajstić information content (AvgIpc) is 3.12. The van der Waals surface area contributed by atoms with Crippen LogP contribution in [-0.2, 0) is 0 Å². The Morgan fingerprint density at radius 2 is 1.80 bits per heavy atom. The molecule has 1 heterocycles. The molecule has 0 saturated heterocycles. The van der Waals surface area contributed by atoms with E-state index < -0.39 is 5.25 Å². The van der Waals surface area contributed by atoms with Crippen LogP contribution in [-0.4, -0.2) is 33.3 Å². The van der Waals surface area contributed by atoms with Crippen molar-refractivity contribution in [1.82, 2.24) is 14.8 Å². The summed E-state index contributed by atoms with van der Waals surface area (Å²) in [5, 5.41) is 22.3. The molecule has 0 fully saturated rings. The summed E-state index contributed by atoms with van der Waals surface area (Å²) in [6.45, 7) is 1.65. The number of fused-ring (bicyclic) bond motifs is 1. The van der Waals surface area contributed by atoms with Crippen LogP contribution < -0.4 is 4.74 Å². The smallest absolute Gasteiger partial charge is 0.220 e. The molecule has 0 N–H and O–H groups in total. The first-order chi connectivity index (χ1) is 14.6. The molecule has 0 spiro atoms. The Morgan fingerprint density at radius 1 is 1.07 bits per heavy atom. The third-order valence-corrected chi connectivity index (χ3v) is 6.02. The summed E-state index contributed by atoms with van der Waals surface area (Å²) in [6.07, 6.45) is 0. The molecule has 0 aliphatic carbocycles. The number of aryl methyl sites for hydroxylation is 1. The van der Waals surface area contributed by atoms with E-state index in [2.05, 4.69) is 10.2 Å². The summed E-state index contributed by atoms with van der Waals surface area (Å²) in [5.41, 5.74) is 1.79. The fourth-order valence-electron chi connectivity index (χ4n) is 3.44. The molecule has 0 saturated carbocycles. The van der Waals surface area contributed by atoms with Crippen LogP contribution in [0.2, 0.25) is 0 Å². The number of benzene rings is 3. The quantitative estimate of drug-likeness (QED) is 0.241. The summed E-state index contributed by atoms with van der Waals surface area (Å²) >= 11 is 1.35. The van der Waals surface area contributed by atoms with Gasteiger partial charge in [0.05, 0.1) is 7.11 Å². The normalized spacial score (nSPS) is 12.1. The van der Waals surface area contributed by atoms with Gasteiger partial charge >= 0.3 is 0 Å². The second kappa shape index (κ2) is 8.54. The van der Waals surface area contributed by atoms with E-state index in [1.807, 2.05) is 78.2 Å². The van der Waals surface area contributed by atoms with Crippen molar-refractivity contribution in [2.24, 2.45) is 0 Å². The van der Waals surface area contributed by atoms with Gasteiger partial charge in [0.1, 0.15) is 16.8 Å². The standard InChI is InChI=1S/C22H20N4O3S/c1-15-23-24-22(26(15)17-10-12-18(29-2)13-11-17)30-21(14-25(27)28)20-9-5-7-16-6-3-4-8-19(16)20/h3-13,21H,14H2,1-2H3/t21-/m0/s1. The number of hydrogen-bond donors (Lipinski definition) is 0. The highest BCUT2D eigenvalue weighted by Crippen LogP contribution is 2.39. The van der Waals surface area contributed by atoms with E-state index >= 15 is 0 Å². The molecule has 0 amide bonds. The second-order valence-electron chi connectivity index (χ2n) is 6.75. The number of methoxy groups -OCH3 is 1. The third kappa shape index (κ3) is 3.99. The average molecular weight is 420 g/mol. The molecular formula is C22H20N4O3S. The number of ether oxygens (including phenoxy) is 1. The molecule has 8 heteroatoms. The van der Waals surface area contributed by atoms with Gasteiger partial charge in [-0.3, -0.25) is 14.7 Å². The number of rotatable bonds is 7. The topological polar surface area (TPSA) is 83.1 Å². The monoisotopic (exact) mass is 420 g/mol. The zero-order valence-electron chi connectivity index (χ0n) is 16.6. The molecule has 0 unspecified atom stereocenters. The Kier molecular flexibility index (Phi) is 5.67. The SMILES string of the molecule is COc1ccc(-n2c(C)nnc2S[C@@H](C[N+](=O)[O-])c2cccc3ccccc23)cc1. The molecule has 7 nitrogen and oxygen atoms in total. The Balaban J connectivity index is 1.75. The van der Waals surface area contributed by atoms with Gasteiger partial charge in [0, 0.05) is 10.6 Å². The molecule has 4 aromatic rings. The lowest BCUT2D eigenvalue weighted by Crippen LogP contribution is -2.11. The lowest BCUT2D eigenvalue weighted by Gasteiger charge is -2.16. The van der Waals surface area contributed by atoms with Crippen molar-refractivity contribution in [1.29, 1.82) is 0 Å². The molecule has 30 heavy (non-hydrogen) atoms. The van der Waals surface area contributed by atoms with Crippen LogP contribution >= 0.6 is 11.8 Å². The third-order valence-electron chi connectivity index (χ3n) is 4.86. The van der Waals surface area contributed by atoms with E-state index in [1.54, 1.807) is 7.11 Å². The van der Waals surface area contributed by atoms with Crippen molar-refractivity contribution in [2.75, 3.05) is 13.7 Å². The maximum absolute atomic E-state index is 11.5. The van der Waals surface area contributed by atoms with E-state index in [0.29, 0.717) is 11.0 Å². The number of thioether (sulfide) groups is 1. The van der Waals surface area contributed by atoms with Crippen LogP contribution in [0, 0.1) is 17.0 Å². The molecule has 0 radical (unpaired) electrons. The van der Waals surface area contributed by atoms with Gasteiger partial charge < -0.3 is 4.74 Å². The fraction of sp³-hybridized carbons (Fsp3) is 0.182. The summed E-state index contributed by atoms with van der Waals surface area (Å²) in [5.74, 6) is 1.46. The van der Waals surface area contributed by atoms with Gasteiger partial charge in [0.2, 0.25) is 6.54 Å². The van der Waals surface area contributed by atoms with E-state index in [9.17, 15) is 10.1 Å². The minimum Gasteiger partial charge on any atom is -0.497 e. The lowest BCUT2D eigenvalue weighted by molar-refractivity contribution is -0.479. The minimum atomic E-state index is -0.410. The van der Waals surface area contributed by atoms with Crippen LogP contribution in [0.5, 0.6) is 5.75 Å². The molecule has 1 atom stereocenters. The van der Waals surface area contributed by atoms with Gasteiger partial charge in [-0.15, -0.1) is 10.2 Å². The van der Waals surface area contributed by atoms with E-state index in [-0.39, 0.29) is 11.5 Å². The van der Waals surface area contributed by atoms with Crippen LogP contribution in [0.1, 0.15) is 16.6 Å². The van der Waals surface area contributed by atoms with Gasteiger partial charge in [-0.2, -0.15) is 0 Å². The zero-order valence-corrected chi connectivity index (χ0v) is 17.4. The van der Waals surface area contributed by atoms with E-state index in [0.717, 1.165) is 27.8 Å². The van der Waals surface area contributed by atoms with Crippen molar-refractivity contribution in [2.45, 2.75) is 17.3 Å².